The van der Waals surface area contributed by atoms with Crippen molar-refractivity contribution in [2.45, 2.75) is 51.1 Å². The number of hydrogen-bond acceptors (Lipinski definition) is 2. The normalized spacial score (nSPS) is 36.5. The molecule has 0 spiro atoms. The first kappa shape index (κ1) is 9.47. The SMILES string of the molecule is CC1CN(CC2(N)CC2)C(C)(C)C1. The van der Waals surface area contributed by atoms with Gasteiger partial charge in [-0.25, -0.2) is 0 Å². The molecule has 0 aromatic rings. The minimum atomic E-state index is 0.182. The molecule has 0 bridgehead atoms. The van der Waals surface area contributed by atoms with Gasteiger partial charge in [0.2, 0.25) is 0 Å². The fraction of sp³-hybridized carbons (Fsp3) is 1.00. The fourth-order valence-corrected chi connectivity index (χ4v) is 2.65. The maximum Gasteiger partial charge on any atom is 0.0285 e. The van der Waals surface area contributed by atoms with Crippen molar-refractivity contribution in [2.75, 3.05) is 13.1 Å². The van der Waals surface area contributed by atoms with E-state index >= 15 is 0 Å². The van der Waals surface area contributed by atoms with E-state index in [0.717, 1.165) is 12.5 Å². The Kier molecular flexibility index (Phi) is 1.97. The van der Waals surface area contributed by atoms with Crippen LogP contribution in [0.15, 0.2) is 0 Å². The van der Waals surface area contributed by atoms with Crippen LogP contribution in [-0.2, 0) is 0 Å². The maximum absolute atomic E-state index is 6.15. The summed E-state index contributed by atoms with van der Waals surface area (Å²) in [4.78, 5) is 2.59. The van der Waals surface area contributed by atoms with Crippen LogP contribution < -0.4 is 5.73 Å². The van der Waals surface area contributed by atoms with Gasteiger partial charge in [-0.1, -0.05) is 6.92 Å². The lowest BCUT2D eigenvalue weighted by molar-refractivity contribution is 0.159. The lowest BCUT2D eigenvalue weighted by atomic mass is 9.97. The van der Waals surface area contributed by atoms with Crippen molar-refractivity contribution in [1.29, 1.82) is 0 Å². The van der Waals surface area contributed by atoms with Crippen LogP contribution in [0.5, 0.6) is 0 Å². The second kappa shape index (κ2) is 2.71. The van der Waals surface area contributed by atoms with E-state index < -0.39 is 0 Å². The van der Waals surface area contributed by atoms with Gasteiger partial charge in [0.1, 0.15) is 0 Å². The maximum atomic E-state index is 6.15. The van der Waals surface area contributed by atoms with Gasteiger partial charge in [0.05, 0.1) is 0 Å². The Morgan fingerprint density at radius 3 is 2.38 bits per heavy atom. The van der Waals surface area contributed by atoms with Gasteiger partial charge in [-0.2, -0.15) is 0 Å². The highest BCUT2D eigenvalue weighted by Gasteiger charge is 2.45. The summed E-state index contributed by atoms with van der Waals surface area (Å²) in [6.07, 6.45) is 3.78. The number of likely N-dealkylation sites (tertiary alicyclic amines) is 1. The lowest BCUT2D eigenvalue weighted by Gasteiger charge is -2.33. The van der Waals surface area contributed by atoms with Crippen molar-refractivity contribution in [3.63, 3.8) is 0 Å². The average molecular weight is 182 g/mol. The van der Waals surface area contributed by atoms with Gasteiger partial charge in [0.25, 0.3) is 0 Å². The highest BCUT2D eigenvalue weighted by atomic mass is 15.2. The van der Waals surface area contributed by atoms with Gasteiger partial charge in [-0.05, 0) is 39.0 Å². The van der Waals surface area contributed by atoms with Crippen molar-refractivity contribution in [1.82, 2.24) is 4.90 Å². The van der Waals surface area contributed by atoms with Crippen LogP contribution in [0, 0.1) is 5.92 Å². The number of nitrogens with zero attached hydrogens (tertiary/aromatic N) is 1. The molecule has 2 nitrogen and oxygen atoms in total. The van der Waals surface area contributed by atoms with E-state index in [1.54, 1.807) is 0 Å². The summed E-state index contributed by atoms with van der Waals surface area (Å²) < 4.78 is 0. The van der Waals surface area contributed by atoms with E-state index in [9.17, 15) is 0 Å². The van der Waals surface area contributed by atoms with E-state index in [2.05, 4.69) is 25.7 Å². The smallest absolute Gasteiger partial charge is 0.0285 e. The second-order valence-electron chi connectivity index (χ2n) is 5.86. The zero-order valence-electron chi connectivity index (χ0n) is 9.14. The minimum absolute atomic E-state index is 0.182. The summed E-state index contributed by atoms with van der Waals surface area (Å²) in [6.45, 7) is 9.40. The van der Waals surface area contributed by atoms with Gasteiger partial charge in [0.15, 0.2) is 0 Å². The number of nitrogens with two attached hydrogens (primary N) is 1. The molecule has 1 saturated carbocycles. The fourth-order valence-electron chi connectivity index (χ4n) is 2.65. The van der Waals surface area contributed by atoms with Gasteiger partial charge in [-0.3, -0.25) is 4.90 Å². The molecule has 2 rings (SSSR count). The molecule has 2 N–H and O–H groups in total. The molecular weight excluding hydrogens is 160 g/mol. The van der Waals surface area contributed by atoms with Crippen LogP contribution >= 0.6 is 0 Å². The Labute approximate surface area is 81.5 Å². The first-order valence-electron chi connectivity index (χ1n) is 5.45. The first-order chi connectivity index (χ1) is 5.91. The molecule has 1 atom stereocenters. The lowest BCUT2D eigenvalue weighted by Crippen LogP contribution is -2.46. The molecule has 2 fully saturated rings. The molecule has 1 saturated heterocycles. The van der Waals surface area contributed by atoms with Crippen molar-refractivity contribution in [3.05, 3.63) is 0 Å². The third-order valence-electron chi connectivity index (χ3n) is 3.63. The molecule has 2 heteroatoms. The highest BCUT2D eigenvalue weighted by molar-refractivity contribution is 5.04. The Morgan fingerprint density at radius 2 is 2.00 bits per heavy atom. The Balaban J connectivity index is 1.98. The average Bonchev–Trinajstić information content (AvgIpc) is 2.59. The van der Waals surface area contributed by atoms with E-state index in [1.807, 2.05) is 0 Å². The van der Waals surface area contributed by atoms with Crippen molar-refractivity contribution >= 4 is 0 Å². The summed E-state index contributed by atoms with van der Waals surface area (Å²) in [7, 11) is 0. The van der Waals surface area contributed by atoms with E-state index in [-0.39, 0.29) is 5.54 Å². The molecule has 2 aliphatic rings. The van der Waals surface area contributed by atoms with Crippen LogP contribution in [0.4, 0.5) is 0 Å². The quantitative estimate of drug-likeness (QED) is 0.703. The van der Waals surface area contributed by atoms with E-state index in [4.69, 9.17) is 5.73 Å². The highest BCUT2D eigenvalue weighted by Crippen LogP contribution is 2.39. The third-order valence-corrected chi connectivity index (χ3v) is 3.63. The van der Waals surface area contributed by atoms with Gasteiger partial charge >= 0.3 is 0 Å². The zero-order chi connectivity index (χ0) is 9.69. The molecule has 1 aliphatic heterocycles. The van der Waals surface area contributed by atoms with Crippen LogP contribution in [0.25, 0.3) is 0 Å². The molecular formula is C11H22N2. The Morgan fingerprint density at radius 1 is 1.38 bits per heavy atom. The summed E-state index contributed by atoms with van der Waals surface area (Å²) in [6, 6.07) is 0. The topological polar surface area (TPSA) is 29.3 Å². The van der Waals surface area contributed by atoms with Gasteiger partial charge < -0.3 is 5.73 Å². The molecule has 1 heterocycles. The molecule has 1 unspecified atom stereocenters. The zero-order valence-corrected chi connectivity index (χ0v) is 9.14. The molecule has 1 aliphatic carbocycles. The van der Waals surface area contributed by atoms with Crippen LogP contribution in [0.1, 0.15) is 40.0 Å². The summed E-state index contributed by atoms with van der Waals surface area (Å²) in [5.41, 5.74) is 6.72. The van der Waals surface area contributed by atoms with Crippen LogP contribution in [-0.4, -0.2) is 29.1 Å². The van der Waals surface area contributed by atoms with Crippen molar-refractivity contribution < 1.29 is 0 Å². The molecule has 0 amide bonds. The largest absolute Gasteiger partial charge is 0.324 e. The Hall–Kier alpha value is -0.0800. The third kappa shape index (κ3) is 1.89. The standard InChI is InChI=1S/C11H22N2/c1-9-6-10(2,3)13(7-9)8-11(12)4-5-11/h9H,4-8,12H2,1-3H3. The van der Waals surface area contributed by atoms with Crippen LogP contribution in [0.3, 0.4) is 0 Å². The number of rotatable bonds is 2. The molecule has 13 heavy (non-hydrogen) atoms. The summed E-state index contributed by atoms with van der Waals surface area (Å²) >= 11 is 0. The molecule has 0 aromatic carbocycles. The second-order valence-corrected chi connectivity index (χ2v) is 5.86. The molecule has 76 valence electrons. The monoisotopic (exact) mass is 182 g/mol. The van der Waals surface area contributed by atoms with Crippen molar-refractivity contribution in [2.24, 2.45) is 11.7 Å². The summed E-state index contributed by atoms with van der Waals surface area (Å²) in [5.74, 6) is 0.845. The van der Waals surface area contributed by atoms with Gasteiger partial charge in [0, 0.05) is 24.2 Å². The predicted octanol–water partition coefficient (Wildman–Crippen LogP) is 1.60. The first-order valence-corrected chi connectivity index (χ1v) is 5.45. The minimum Gasteiger partial charge on any atom is -0.324 e. The van der Waals surface area contributed by atoms with Crippen LogP contribution in [0.2, 0.25) is 0 Å². The number of hydrogen-bond donors (Lipinski definition) is 1. The van der Waals surface area contributed by atoms with E-state index in [0.29, 0.717) is 5.54 Å². The van der Waals surface area contributed by atoms with Crippen molar-refractivity contribution in [3.8, 4) is 0 Å². The predicted molar refractivity (Wildman–Crippen MR) is 55.6 cm³/mol. The van der Waals surface area contributed by atoms with E-state index in [1.165, 1.54) is 25.8 Å². The molecule has 0 aromatic heterocycles. The summed E-state index contributed by atoms with van der Waals surface area (Å²) in [5, 5.41) is 0. The Bertz CT molecular complexity index is 206. The molecule has 0 radical (unpaired) electrons. The van der Waals surface area contributed by atoms with Gasteiger partial charge in [-0.15, -0.1) is 0 Å².